The van der Waals surface area contributed by atoms with E-state index in [2.05, 4.69) is 9.72 Å². The summed E-state index contributed by atoms with van der Waals surface area (Å²) in [5.74, 6) is -0.218. The van der Waals surface area contributed by atoms with Crippen LogP contribution in [-0.4, -0.2) is 30.0 Å². The number of benzene rings is 1. The van der Waals surface area contributed by atoms with Gasteiger partial charge in [-0.05, 0) is 19.1 Å². The van der Waals surface area contributed by atoms with Crippen molar-refractivity contribution in [2.24, 2.45) is 0 Å². The molecule has 6 heteroatoms. The molecule has 0 aliphatic heterocycles. The summed E-state index contributed by atoms with van der Waals surface area (Å²) in [6.45, 7) is 1.65. The third kappa shape index (κ3) is 3.21. The van der Waals surface area contributed by atoms with Crippen LogP contribution >= 0.6 is 11.3 Å². The average Bonchev–Trinajstić information content (AvgIpc) is 2.96. The summed E-state index contributed by atoms with van der Waals surface area (Å²) in [5, 5.41) is 1.72. The molecule has 2 aromatic rings. The molecule has 0 amide bonds. The molecule has 1 unspecified atom stereocenters. The Hall–Kier alpha value is -2.21. The number of esters is 1. The average molecular weight is 291 g/mol. The molecule has 1 aromatic heterocycles. The van der Waals surface area contributed by atoms with E-state index in [4.69, 9.17) is 4.74 Å². The molecule has 104 valence electrons. The molecule has 0 saturated heterocycles. The van der Waals surface area contributed by atoms with Crippen molar-refractivity contribution in [2.45, 2.75) is 13.0 Å². The summed E-state index contributed by atoms with van der Waals surface area (Å²) in [6, 6.07) is 9.05. The zero-order chi connectivity index (χ0) is 14.5. The number of thiazole rings is 1. The van der Waals surface area contributed by atoms with E-state index < -0.39 is 12.1 Å². The topological polar surface area (TPSA) is 65.5 Å². The molecule has 0 fully saturated rings. The number of para-hydroxylation sites is 1. The monoisotopic (exact) mass is 291 g/mol. The highest BCUT2D eigenvalue weighted by Crippen LogP contribution is 2.17. The summed E-state index contributed by atoms with van der Waals surface area (Å²) in [5.41, 5.74) is 0.132. The lowest BCUT2D eigenvalue weighted by Crippen LogP contribution is -2.24. The van der Waals surface area contributed by atoms with E-state index >= 15 is 0 Å². The van der Waals surface area contributed by atoms with Gasteiger partial charge in [0.15, 0.2) is 16.8 Å². The molecule has 0 spiro atoms. The van der Waals surface area contributed by atoms with E-state index in [-0.39, 0.29) is 16.5 Å². The summed E-state index contributed by atoms with van der Waals surface area (Å²) >= 11 is 1.10. The Morgan fingerprint density at radius 2 is 1.95 bits per heavy atom. The molecule has 0 aliphatic rings. The number of hydrogen-bond donors (Lipinski definition) is 0. The number of nitrogens with zero attached hydrogens (tertiary/aromatic N) is 1. The zero-order valence-corrected chi connectivity index (χ0v) is 11.8. The minimum atomic E-state index is -0.672. The van der Waals surface area contributed by atoms with Crippen LogP contribution in [0.15, 0.2) is 35.7 Å². The van der Waals surface area contributed by atoms with Crippen molar-refractivity contribution in [3.05, 3.63) is 46.4 Å². The lowest BCUT2D eigenvalue weighted by atomic mass is 10.2. The van der Waals surface area contributed by atoms with Crippen LogP contribution in [0.2, 0.25) is 0 Å². The molecule has 0 bridgehead atoms. The second-order valence-corrected chi connectivity index (χ2v) is 4.82. The molecule has 20 heavy (non-hydrogen) atoms. The Kier molecular flexibility index (Phi) is 4.47. The van der Waals surface area contributed by atoms with Crippen molar-refractivity contribution in [3.8, 4) is 5.75 Å². The highest BCUT2D eigenvalue weighted by atomic mass is 32.1. The first-order chi connectivity index (χ1) is 9.61. The van der Waals surface area contributed by atoms with Gasteiger partial charge in [0, 0.05) is 5.38 Å². The van der Waals surface area contributed by atoms with Gasteiger partial charge in [-0.3, -0.25) is 4.79 Å². The van der Waals surface area contributed by atoms with E-state index in [0.29, 0.717) is 5.75 Å². The van der Waals surface area contributed by atoms with E-state index in [1.165, 1.54) is 12.5 Å². The summed E-state index contributed by atoms with van der Waals surface area (Å²) in [4.78, 5) is 27.4. The molecule has 1 aromatic carbocycles. The Morgan fingerprint density at radius 3 is 2.60 bits per heavy atom. The van der Waals surface area contributed by atoms with Gasteiger partial charge in [0.25, 0.3) is 0 Å². The highest BCUT2D eigenvalue weighted by molar-refractivity contribution is 7.12. The van der Waals surface area contributed by atoms with Gasteiger partial charge < -0.3 is 9.47 Å². The largest absolute Gasteiger partial charge is 0.482 e. The fraction of sp³-hybridized carbons (Fsp3) is 0.214. The molecule has 0 radical (unpaired) electrons. The van der Waals surface area contributed by atoms with Gasteiger partial charge in [-0.15, -0.1) is 11.3 Å². The maximum atomic E-state index is 12.1. The zero-order valence-electron chi connectivity index (χ0n) is 11.0. The smallest absolute Gasteiger partial charge is 0.357 e. The number of hydrogen-bond acceptors (Lipinski definition) is 6. The van der Waals surface area contributed by atoms with E-state index in [1.807, 2.05) is 18.2 Å². The van der Waals surface area contributed by atoms with Crippen molar-refractivity contribution >= 4 is 23.1 Å². The summed E-state index contributed by atoms with van der Waals surface area (Å²) in [6.07, 6.45) is -0.672. The maximum Gasteiger partial charge on any atom is 0.357 e. The predicted molar refractivity (Wildman–Crippen MR) is 74.3 cm³/mol. The minimum absolute atomic E-state index is 0.132. The van der Waals surface area contributed by atoms with Crippen LogP contribution < -0.4 is 4.74 Å². The number of ether oxygens (including phenoxy) is 2. The Morgan fingerprint density at radius 1 is 1.25 bits per heavy atom. The van der Waals surface area contributed by atoms with Crippen LogP contribution in [0.3, 0.4) is 0 Å². The van der Waals surface area contributed by atoms with Crippen molar-refractivity contribution in [3.63, 3.8) is 0 Å². The van der Waals surface area contributed by atoms with Gasteiger partial charge in [0.05, 0.1) is 7.11 Å². The van der Waals surface area contributed by atoms with E-state index in [0.717, 1.165) is 11.3 Å². The number of methoxy groups -OCH3 is 1. The van der Waals surface area contributed by atoms with Gasteiger partial charge in [0.2, 0.25) is 5.78 Å². The second-order valence-electron chi connectivity index (χ2n) is 3.97. The third-order valence-corrected chi connectivity index (χ3v) is 3.39. The van der Waals surface area contributed by atoms with Gasteiger partial charge in [-0.25, -0.2) is 9.78 Å². The fourth-order valence-corrected chi connectivity index (χ4v) is 2.32. The highest BCUT2D eigenvalue weighted by Gasteiger charge is 2.22. The fourth-order valence-electron chi connectivity index (χ4n) is 1.52. The van der Waals surface area contributed by atoms with E-state index in [9.17, 15) is 9.59 Å². The van der Waals surface area contributed by atoms with Crippen molar-refractivity contribution < 1.29 is 19.1 Å². The molecule has 1 heterocycles. The number of ketones is 1. The lowest BCUT2D eigenvalue weighted by Gasteiger charge is -2.11. The normalized spacial score (nSPS) is 11.7. The van der Waals surface area contributed by atoms with Crippen molar-refractivity contribution in [1.82, 2.24) is 4.98 Å². The summed E-state index contributed by atoms with van der Waals surface area (Å²) in [7, 11) is 1.27. The molecular weight excluding hydrogens is 278 g/mol. The molecule has 5 nitrogen and oxygen atoms in total. The lowest BCUT2D eigenvalue weighted by molar-refractivity contribution is 0.0594. The first kappa shape index (κ1) is 14.2. The number of carbonyl (C=O) groups excluding carboxylic acids is 2. The van der Waals surface area contributed by atoms with Gasteiger partial charge in [0.1, 0.15) is 5.75 Å². The number of carbonyl (C=O) groups is 2. The Labute approximate surface area is 120 Å². The van der Waals surface area contributed by atoms with Crippen molar-refractivity contribution in [2.75, 3.05) is 7.11 Å². The van der Waals surface area contributed by atoms with Crippen LogP contribution in [0.5, 0.6) is 5.75 Å². The Bertz CT molecular complexity index is 609. The van der Waals surface area contributed by atoms with Crippen LogP contribution in [0.25, 0.3) is 0 Å². The van der Waals surface area contributed by atoms with Crippen LogP contribution in [-0.2, 0) is 4.74 Å². The predicted octanol–water partition coefficient (Wildman–Crippen LogP) is 2.58. The van der Waals surface area contributed by atoms with Gasteiger partial charge in [-0.1, -0.05) is 18.2 Å². The second kappa shape index (κ2) is 6.29. The molecule has 0 aliphatic carbocycles. The Balaban J connectivity index is 2.07. The molecule has 2 rings (SSSR count). The molecule has 0 saturated carbocycles. The van der Waals surface area contributed by atoms with E-state index in [1.54, 1.807) is 19.1 Å². The van der Waals surface area contributed by atoms with Gasteiger partial charge >= 0.3 is 5.97 Å². The van der Waals surface area contributed by atoms with Crippen LogP contribution in [0.1, 0.15) is 27.2 Å². The SMILES string of the molecule is COC(=O)c1csc(C(=O)C(C)Oc2ccccc2)n1. The number of Topliss-reactive ketones (excluding diaryl/α,β-unsaturated/α-hetero) is 1. The first-order valence-electron chi connectivity index (χ1n) is 5.91. The summed E-state index contributed by atoms with van der Waals surface area (Å²) < 4.78 is 10.1. The quantitative estimate of drug-likeness (QED) is 0.625. The third-order valence-electron chi connectivity index (χ3n) is 2.53. The minimum Gasteiger partial charge on any atom is -0.482 e. The maximum absolute atomic E-state index is 12.1. The van der Waals surface area contributed by atoms with Crippen LogP contribution in [0, 0.1) is 0 Å². The first-order valence-corrected chi connectivity index (χ1v) is 6.79. The van der Waals surface area contributed by atoms with Crippen LogP contribution in [0.4, 0.5) is 0 Å². The van der Waals surface area contributed by atoms with Crippen molar-refractivity contribution in [1.29, 1.82) is 0 Å². The molecule has 1 atom stereocenters. The number of rotatable bonds is 5. The number of aromatic nitrogens is 1. The molecule has 0 N–H and O–H groups in total. The van der Waals surface area contributed by atoms with Gasteiger partial charge in [-0.2, -0.15) is 0 Å². The standard InChI is InChI=1S/C14H13NO4S/c1-9(19-10-6-4-3-5-7-10)12(16)13-15-11(8-20-13)14(17)18-2/h3-9H,1-2H3. The molecular formula is C14H13NO4S.